The minimum atomic E-state index is 0.986. The predicted molar refractivity (Wildman–Crippen MR) is 97.0 cm³/mol. The van der Waals surface area contributed by atoms with Crippen LogP contribution < -0.4 is 10.6 Å². The topological polar surface area (TPSA) is 13.1 Å². The van der Waals surface area contributed by atoms with E-state index in [-0.39, 0.29) is 0 Å². The van der Waals surface area contributed by atoms with E-state index >= 15 is 0 Å². The molecule has 23 heavy (non-hydrogen) atoms. The van der Waals surface area contributed by atoms with Crippen molar-refractivity contribution < 1.29 is 4.42 Å². The molecule has 0 radical (unpaired) electrons. The molecule has 0 amide bonds. The van der Waals surface area contributed by atoms with E-state index in [0.717, 1.165) is 23.8 Å². The summed E-state index contributed by atoms with van der Waals surface area (Å²) in [7, 11) is 0. The maximum atomic E-state index is 6.30. The summed E-state index contributed by atoms with van der Waals surface area (Å²) in [4.78, 5) is 0. The van der Waals surface area contributed by atoms with Crippen LogP contribution >= 0.6 is 0 Å². The van der Waals surface area contributed by atoms with Gasteiger partial charge in [0.15, 0.2) is 0 Å². The first-order chi connectivity index (χ1) is 11.4. The number of rotatable bonds is 1. The predicted octanol–water partition coefficient (Wildman–Crippen LogP) is 3.70. The molecule has 0 saturated heterocycles. The Bertz CT molecular complexity index is 1150. The molecule has 0 atom stereocenters. The third-order valence-electron chi connectivity index (χ3n) is 4.76. The van der Waals surface area contributed by atoms with Crippen molar-refractivity contribution in [1.29, 1.82) is 0 Å². The van der Waals surface area contributed by atoms with Gasteiger partial charge in [0.25, 0.3) is 0 Å². The van der Waals surface area contributed by atoms with Crippen LogP contribution in [-0.4, -0.2) is 6.91 Å². The number of fused-ring (bicyclic) bond motifs is 5. The van der Waals surface area contributed by atoms with E-state index < -0.39 is 0 Å². The molecule has 0 fully saturated rings. The first kappa shape index (κ1) is 12.9. The fraction of sp³-hybridized carbons (Fsp3) is 0.0952. The molecule has 2 aromatic carbocycles. The van der Waals surface area contributed by atoms with Crippen LogP contribution in [0.1, 0.15) is 18.3 Å². The summed E-state index contributed by atoms with van der Waals surface area (Å²) >= 11 is 0. The molecule has 0 saturated carbocycles. The average molecular weight is 294 g/mol. The van der Waals surface area contributed by atoms with Crippen LogP contribution in [0.2, 0.25) is 0 Å². The fourth-order valence-electron chi connectivity index (χ4n) is 3.70. The average Bonchev–Trinajstić information content (AvgIpc) is 3.01. The second-order valence-electron chi connectivity index (χ2n) is 6.09. The first-order valence-corrected chi connectivity index (χ1v) is 8.11. The van der Waals surface area contributed by atoms with Crippen molar-refractivity contribution >= 4 is 40.3 Å². The summed E-state index contributed by atoms with van der Waals surface area (Å²) in [5.41, 5.74) is 4.63. The van der Waals surface area contributed by atoms with Crippen molar-refractivity contribution in [2.24, 2.45) is 0 Å². The van der Waals surface area contributed by atoms with Crippen LogP contribution in [0.15, 0.2) is 65.0 Å². The molecule has 1 aliphatic carbocycles. The molecule has 5 rings (SSSR count). The van der Waals surface area contributed by atoms with Gasteiger partial charge in [0, 0.05) is 0 Å². The molecule has 0 bridgehead atoms. The third-order valence-corrected chi connectivity index (χ3v) is 4.76. The molecule has 1 aliphatic rings. The monoisotopic (exact) mass is 294 g/mol. The van der Waals surface area contributed by atoms with E-state index in [0.29, 0.717) is 0 Å². The van der Waals surface area contributed by atoms with Crippen molar-refractivity contribution in [3.63, 3.8) is 0 Å². The SMILES string of the molecule is b1ccccc1C1=c2oc3ccc4ccccc4c3c2=CCC1. The normalized spacial score (nSPS) is 13.8. The summed E-state index contributed by atoms with van der Waals surface area (Å²) < 4.78 is 6.30. The maximum absolute atomic E-state index is 6.30. The summed E-state index contributed by atoms with van der Waals surface area (Å²) in [5, 5.41) is 5.07. The van der Waals surface area contributed by atoms with E-state index in [2.05, 4.69) is 73.5 Å². The summed E-state index contributed by atoms with van der Waals surface area (Å²) in [6.45, 7) is 2.18. The number of hydrogen-bond acceptors (Lipinski definition) is 1. The minimum absolute atomic E-state index is 0.986. The van der Waals surface area contributed by atoms with Crippen LogP contribution in [0, 0.1) is 0 Å². The molecule has 0 N–H and O–H groups in total. The Morgan fingerprint density at radius 2 is 1.83 bits per heavy atom. The van der Waals surface area contributed by atoms with Gasteiger partial charge in [0.1, 0.15) is 0 Å². The molecular formula is C21H15BO. The van der Waals surface area contributed by atoms with Gasteiger partial charge in [-0.25, -0.2) is 0 Å². The molecule has 2 heteroatoms. The zero-order valence-corrected chi connectivity index (χ0v) is 12.8. The Kier molecular flexibility index (Phi) is 2.78. The van der Waals surface area contributed by atoms with Crippen LogP contribution in [0.4, 0.5) is 0 Å². The number of furan rings is 1. The Hall–Kier alpha value is -2.61. The van der Waals surface area contributed by atoms with Crippen LogP contribution in [0.25, 0.3) is 33.4 Å². The van der Waals surface area contributed by atoms with E-state index in [1.54, 1.807) is 0 Å². The number of hydrogen-bond donors (Lipinski definition) is 0. The Balaban J connectivity index is 1.99. The Morgan fingerprint density at radius 1 is 0.913 bits per heavy atom. The van der Waals surface area contributed by atoms with E-state index in [1.807, 2.05) is 0 Å². The van der Waals surface area contributed by atoms with Crippen molar-refractivity contribution in [3.8, 4) is 0 Å². The van der Waals surface area contributed by atoms with Gasteiger partial charge in [0.05, 0.1) is 0 Å². The summed E-state index contributed by atoms with van der Waals surface area (Å²) in [6.07, 6.45) is 4.43. The molecule has 4 aromatic rings. The number of benzene rings is 2. The van der Waals surface area contributed by atoms with Gasteiger partial charge in [-0.2, -0.15) is 0 Å². The molecule has 0 spiro atoms. The second kappa shape index (κ2) is 4.95. The van der Waals surface area contributed by atoms with Crippen molar-refractivity contribution in [2.75, 3.05) is 0 Å². The van der Waals surface area contributed by atoms with Crippen molar-refractivity contribution in [1.82, 2.24) is 0 Å². The van der Waals surface area contributed by atoms with Gasteiger partial charge in [-0.05, 0) is 0 Å². The van der Waals surface area contributed by atoms with Crippen LogP contribution in [-0.2, 0) is 0 Å². The third kappa shape index (κ3) is 1.91. The van der Waals surface area contributed by atoms with Gasteiger partial charge >= 0.3 is 134 Å². The molecule has 0 aliphatic heterocycles. The van der Waals surface area contributed by atoms with Crippen LogP contribution in [0.5, 0.6) is 0 Å². The standard InChI is InChI=1S/C21H15BO/c1-2-7-15-14(6-1)11-12-19-20(15)17-9-5-8-16(21(17)23-19)18-10-3-4-13-22-18/h1-4,6-7,9-13H,5,8H2. The van der Waals surface area contributed by atoms with Crippen molar-refractivity contribution in [3.05, 3.63) is 76.7 Å². The van der Waals surface area contributed by atoms with Crippen LogP contribution in [0.3, 0.4) is 0 Å². The summed E-state index contributed by atoms with van der Waals surface area (Å²) in [5.74, 6) is 2.10. The van der Waals surface area contributed by atoms with Gasteiger partial charge in [-0.3, -0.25) is 0 Å². The zero-order valence-electron chi connectivity index (χ0n) is 12.8. The van der Waals surface area contributed by atoms with Gasteiger partial charge < -0.3 is 0 Å². The molecule has 2 heterocycles. The summed E-state index contributed by atoms with van der Waals surface area (Å²) in [6, 6.07) is 19.1. The second-order valence-corrected chi connectivity index (χ2v) is 6.09. The van der Waals surface area contributed by atoms with Gasteiger partial charge in [-0.1, -0.05) is 0 Å². The zero-order chi connectivity index (χ0) is 15.2. The Labute approximate surface area is 134 Å². The molecule has 0 unspecified atom stereocenters. The van der Waals surface area contributed by atoms with Gasteiger partial charge in [0.2, 0.25) is 0 Å². The Morgan fingerprint density at radius 3 is 2.74 bits per heavy atom. The van der Waals surface area contributed by atoms with Crippen molar-refractivity contribution in [2.45, 2.75) is 12.8 Å². The molecule has 1 nitrogen and oxygen atoms in total. The molecular weight excluding hydrogens is 279 g/mol. The molecule has 2 aromatic heterocycles. The van der Waals surface area contributed by atoms with E-state index in [9.17, 15) is 0 Å². The first-order valence-electron chi connectivity index (χ1n) is 8.11. The molecule has 108 valence electrons. The van der Waals surface area contributed by atoms with E-state index in [1.165, 1.54) is 32.4 Å². The van der Waals surface area contributed by atoms with Gasteiger partial charge in [-0.15, -0.1) is 0 Å². The fourth-order valence-corrected chi connectivity index (χ4v) is 3.70. The van der Waals surface area contributed by atoms with E-state index in [4.69, 9.17) is 4.42 Å². The quantitative estimate of drug-likeness (QED) is 0.522.